The van der Waals surface area contributed by atoms with E-state index >= 15 is 0 Å². The van der Waals surface area contributed by atoms with E-state index in [0.29, 0.717) is 30.3 Å². The average Bonchev–Trinajstić information content (AvgIpc) is 3.36. The van der Waals surface area contributed by atoms with E-state index in [2.05, 4.69) is 20.6 Å². The number of para-hydroxylation sites is 1. The van der Waals surface area contributed by atoms with Crippen LogP contribution < -0.4 is 15.4 Å². The summed E-state index contributed by atoms with van der Waals surface area (Å²) in [6.45, 7) is 2.87. The second-order valence-corrected chi connectivity index (χ2v) is 6.48. The minimum Gasteiger partial charge on any atom is -0.496 e. The van der Waals surface area contributed by atoms with Crippen molar-refractivity contribution in [2.24, 2.45) is 0 Å². The van der Waals surface area contributed by atoms with Gasteiger partial charge in [-0.2, -0.15) is 5.10 Å². The quantitative estimate of drug-likeness (QED) is 0.684. The van der Waals surface area contributed by atoms with Crippen LogP contribution in [0.2, 0.25) is 0 Å². The number of methoxy groups -OCH3 is 1. The summed E-state index contributed by atoms with van der Waals surface area (Å²) in [6, 6.07) is 7.17. The molecule has 2 N–H and O–H groups in total. The third-order valence-corrected chi connectivity index (χ3v) is 4.80. The minimum absolute atomic E-state index is 0.171. The number of amides is 1. The summed E-state index contributed by atoms with van der Waals surface area (Å²) in [4.78, 5) is 21.4. The van der Waals surface area contributed by atoms with Gasteiger partial charge in [0, 0.05) is 31.4 Å². The molecular formula is C19H22N6O2. The summed E-state index contributed by atoms with van der Waals surface area (Å²) in [6.07, 6.45) is 4.42. The molecule has 2 aromatic heterocycles. The zero-order valence-corrected chi connectivity index (χ0v) is 15.2. The maximum Gasteiger partial charge on any atom is 0.255 e. The first kappa shape index (κ1) is 17.4. The maximum absolute atomic E-state index is 12.4. The monoisotopic (exact) mass is 366 g/mol. The van der Waals surface area contributed by atoms with E-state index in [1.54, 1.807) is 31.6 Å². The molecule has 1 fully saturated rings. The van der Waals surface area contributed by atoms with Crippen LogP contribution in [-0.2, 0) is 6.54 Å². The predicted molar refractivity (Wildman–Crippen MR) is 101 cm³/mol. The lowest BCUT2D eigenvalue weighted by Crippen LogP contribution is -2.28. The van der Waals surface area contributed by atoms with Gasteiger partial charge in [-0.25, -0.2) is 14.6 Å². The highest BCUT2D eigenvalue weighted by atomic mass is 16.5. The zero-order chi connectivity index (χ0) is 18.6. The molecule has 1 amide bonds. The number of hydrogen-bond acceptors (Lipinski definition) is 6. The number of rotatable bonds is 6. The van der Waals surface area contributed by atoms with Gasteiger partial charge in [-0.1, -0.05) is 12.1 Å². The van der Waals surface area contributed by atoms with Crippen molar-refractivity contribution in [1.82, 2.24) is 30.4 Å². The van der Waals surface area contributed by atoms with Crippen LogP contribution in [0.5, 0.6) is 5.75 Å². The number of nitrogens with zero attached hydrogens (tertiary/aromatic N) is 4. The van der Waals surface area contributed by atoms with Gasteiger partial charge in [0.2, 0.25) is 0 Å². The molecule has 8 heteroatoms. The van der Waals surface area contributed by atoms with Crippen molar-refractivity contribution in [2.75, 3.05) is 26.7 Å². The molecule has 1 aromatic carbocycles. The highest BCUT2D eigenvalue weighted by molar-refractivity contribution is 5.96. The number of fused-ring (bicyclic) bond motifs is 1. The van der Waals surface area contributed by atoms with Gasteiger partial charge in [0.05, 0.1) is 24.9 Å². The second-order valence-electron chi connectivity index (χ2n) is 6.48. The number of carbonyl (C=O) groups excluding carboxylic acids is 1. The SMILES string of the molecule is COc1ccccc1C(=O)NCCn1nc([C@@H]2CCNC2)c2nccnc21. The van der Waals surface area contributed by atoms with E-state index in [1.807, 2.05) is 16.8 Å². The third-order valence-electron chi connectivity index (χ3n) is 4.80. The Balaban J connectivity index is 1.48. The fourth-order valence-electron chi connectivity index (χ4n) is 3.45. The predicted octanol–water partition coefficient (Wildman–Crippen LogP) is 1.34. The van der Waals surface area contributed by atoms with Crippen LogP contribution in [-0.4, -0.2) is 52.4 Å². The van der Waals surface area contributed by atoms with E-state index in [4.69, 9.17) is 9.84 Å². The van der Waals surface area contributed by atoms with Crippen molar-refractivity contribution in [3.63, 3.8) is 0 Å². The Hall–Kier alpha value is -3.00. The molecule has 4 rings (SSSR count). The van der Waals surface area contributed by atoms with Crippen molar-refractivity contribution in [3.05, 3.63) is 47.9 Å². The summed E-state index contributed by atoms with van der Waals surface area (Å²) < 4.78 is 7.08. The van der Waals surface area contributed by atoms with Gasteiger partial charge < -0.3 is 15.4 Å². The second kappa shape index (κ2) is 7.71. The van der Waals surface area contributed by atoms with E-state index in [9.17, 15) is 4.79 Å². The lowest BCUT2D eigenvalue weighted by atomic mass is 10.0. The topological polar surface area (TPSA) is 94.0 Å². The van der Waals surface area contributed by atoms with Crippen molar-refractivity contribution >= 4 is 17.1 Å². The minimum atomic E-state index is -0.171. The highest BCUT2D eigenvalue weighted by Crippen LogP contribution is 2.26. The normalized spacial score (nSPS) is 16.6. The Bertz CT molecular complexity index is 948. The van der Waals surface area contributed by atoms with Crippen LogP contribution in [0.1, 0.15) is 28.4 Å². The molecular weight excluding hydrogens is 344 g/mol. The van der Waals surface area contributed by atoms with Crippen molar-refractivity contribution in [1.29, 1.82) is 0 Å². The van der Waals surface area contributed by atoms with E-state index in [-0.39, 0.29) is 5.91 Å². The van der Waals surface area contributed by atoms with Crippen molar-refractivity contribution in [3.8, 4) is 5.75 Å². The first-order chi connectivity index (χ1) is 13.3. The number of nitrogens with one attached hydrogen (secondary N) is 2. The van der Waals surface area contributed by atoms with Crippen molar-refractivity contribution < 1.29 is 9.53 Å². The van der Waals surface area contributed by atoms with Gasteiger partial charge in [0.15, 0.2) is 5.65 Å². The van der Waals surface area contributed by atoms with Gasteiger partial charge >= 0.3 is 0 Å². The molecule has 3 aromatic rings. The molecule has 0 saturated carbocycles. The first-order valence-corrected chi connectivity index (χ1v) is 9.07. The number of ether oxygens (including phenoxy) is 1. The highest BCUT2D eigenvalue weighted by Gasteiger charge is 2.24. The Labute approximate surface area is 157 Å². The molecule has 27 heavy (non-hydrogen) atoms. The Kier molecular flexibility index (Phi) is 4.97. The smallest absolute Gasteiger partial charge is 0.255 e. The standard InChI is InChI=1S/C19H22N6O2/c1-27-15-5-3-2-4-14(15)19(26)23-10-11-25-18-17(21-8-9-22-18)16(24-25)13-6-7-20-12-13/h2-5,8-9,13,20H,6-7,10-12H2,1H3,(H,23,26)/t13-/m1/s1. The van der Waals surface area contributed by atoms with E-state index in [0.717, 1.165) is 36.4 Å². The van der Waals surface area contributed by atoms with Crippen LogP contribution in [0.3, 0.4) is 0 Å². The van der Waals surface area contributed by atoms with Crippen LogP contribution in [0.4, 0.5) is 0 Å². The lowest BCUT2D eigenvalue weighted by molar-refractivity contribution is 0.0949. The third kappa shape index (κ3) is 3.48. The van der Waals surface area contributed by atoms with Crippen molar-refractivity contribution in [2.45, 2.75) is 18.9 Å². The van der Waals surface area contributed by atoms with Crippen LogP contribution in [0.25, 0.3) is 11.2 Å². The number of hydrogen-bond donors (Lipinski definition) is 2. The van der Waals surface area contributed by atoms with Crippen LogP contribution in [0.15, 0.2) is 36.7 Å². The fraction of sp³-hybridized carbons (Fsp3) is 0.368. The zero-order valence-electron chi connectivity index (χ0n) is 15.2. The molecule has 140 valence electrons. The number of benzene rings is 1. The molecule has 1 saturated heterocycles. The summed E-state index contributed by atoms with van der Waals surface area (Å²) in [5.74, 6) is 0.741. The van der Waals surface area contributed by atoms with Crippen LogP contribution in [0, 0.1) is 0 Å². The molecule has 1 atom stereocenters. The number of aromatic nitrogens is 4. The summed E-state index contributed by atoms with van der Waals surface area (Å²) in [5.41, 5.74) is 3.11. The van der Waals surface area contributed by atoms with Gasteiger partial charge in [0.1, 0.15) is 11.3 Å². The van der Waals surface area contributed by atoms with E-state index in [1.165, 1.54) is 0 Å². The summed E-state index contributed by atoms with van der Waals surface area (Å²) >= 11 is 0. The number of carbonyl (C=O) groups is 1. The Morgan fingerprint density at radius 2 is 2.19 bits per heavy atom. The molecule has 0 radical (unpaired) electrons. The average molecular weight is 366 g/mol. The van der Waals surface area contributed by atoms with Gasteiger partial charge in [-0.05, 0) is 25.1 Å². The molecule has 0 aliphatic carbocycles. The molecule has 0 unspecified atom stereocenters. The molecule has 8 nitrogen and oxygen atoms in total. The summed E-state index contributed by atoms with van der Waals surface area (Å²) in [5, 5.41) is 11.0. The van der Waals surface area contributed by atoms with Gasteiger partial charge in [-0.15, -0.1) is 0 Å². The maximum atomic E-state index is 12.4. The fourth-order valence-corrected chi connectivity index (χ4v) is 3.45. The largest absolute Gasteiger partial charge is 0.496 e. The molecule has 1 aliphatic rings. The van der Waals surface area contributed by atoms with E-state index < -0.39 is 0 Å². The Morgan fingerprint density at radius 1 is 1.33 bits per heavy atom. The Morgan fingerprint density at radius 3 is 3.00 bits per heavy atom. The molecule has 0 bridgehead atoms. The molecule has 1 aliphatic heterocycles. The van der Waals surface area contributed by atoms with Gasteiger partial charge in [0.25, 0.3) is 5.91 Å². The van der Waals surface area contributed by atoms with Gasteiger partial charge in [-0.3, -0.25) is 4.79 Å². The molecule has 0 spiro atoms. The van der Waals surface area contributed by atoms with Crippen LogP contribution >= 0.6 is 0 Å². The summed E-state index contributed by atoms with van der Waals surface area (Å²) in [7, 11) is 1.56. The lowest BCUT2D eigenvalue weighted by Gasteiger charge is -2.09. The molecule has 3 heterocycles. The first-order valence-electron chi connectivity index (χ1n) is 9.07.